The van der Waals surface area contributed by atoms with Crippen LogP contribution in [0.4, 0.5) is 0 Å². The highest BCUT2D eigenvalue weighted by Crippen LogP contribution is 2.18. The molecule has 0 heteroatoms. The van der Waals surface area contributed by atoms with Crippen molar-refractivity contribution in [3.05, 3.63) is 29.7 Å². The van der Waals surface area contributed by atoms with Gasteiger partial charge in [-0.3, -0.25) is 0 Å². The summed E-state index contributed by atoms with van der Waals surface area (Å²) in [7, 11) is 0. The van der Waals surface area contributed by atoms with E-state index in [1.807, 2.05) is 0 Å². The predicted octanol–water partition coefficient (Wildman–Crippen LogP) is 2.49. The maximum Gasteiger partial charge on any atom is 0.0165 e. The Morgan fingerprint density at radius 1 is 1.38 bits per heavy atom. The topological polar surface area (TPSA) is 0 Å². The van der Waals surface area contributed by atoms with E-state index in [0.717, 1.165) is 6.42 Å². The standard InChI is InChI=1S/C8H11/c1-3-8-5-4-7(2)6-8/h4-6H,3H2,1-2H3. The first-order valence-corrected chi connectivity index (χ1v) is 3.05. The highest BCUT2D eigenvalue weighted by Gasteiger charge is 2.00. The summed E-state index contributed by atoms with van der Waals surface area (Å²) >= 11 is 0. The molecule has 0 saturated carbocycles. The summed E-state index contributed by atoms with van der Waals surface area (Å²) in [5.74, 6) is 1.38. The van der Waals surface area contributed by atoms with Gasteiger partial charge in [-0.2, -0.15) is 0 Å². The smallest absolute Gasteiger partial charge is 0.0165 e. The predicted molar refractivity (Wildman–Crippen MR) is 36.4 cm³/mol. The van der Waals surface area contributed by atoms with E-state index in [1.54, 1.807) is 0 Å². The zero-order valence-corrected chi connectivity index (χ0v) is 5.44. The van der Waals surface area contributed by atoms with Gasteiger partial charge in [-0.1, -0.05) is 37.6 Å². The van der Waals surface area contributed by atoms with Crippen molar-refractivity contribution in [1.29, 1.82) is 0 Å². The maximum absolute atomic E-state index is 2.22. The van der Waals surface area contributed by atoms with Crippen molar-refractivity contribution in [3.8, 4) is 0 Å². The summed E-state index contributed by atoms with van der Waals surface area (Å²) in [5, 5.41) is 0. The van der Waals surface area contributed by atoms with Gasteiger partial charge < -0.3 is 0 Å². The molecule has 8 heavy (non-hydrogen) atoms. The van der Waals surface area contributed by atoms with Crippen molar-refractivity contribution in [3.63, 3.8) is 0 Å². The van der Waals surface area contributed by atoms with Crippen molar-refractivity contribution in [2.24, 2.45) is 0 Å². The van der Waals surface area contributed by atoms with Crippen LogP contribution in [0.15, 0.2) is 23.8 Å². The summed E-state index contributed by atoms with van der Waals surface area (Å²) in [5.41, 5.74) is 1.45. The summed E-state index contributed by atoms with van der Waals surface area (Å²) in [4.78, 5) is 0. The van der Waals surface area contributed by atoms with Crippen LogP contribution in [0.1, 0.15) is 20.3 Å². The molecule has 0 amide bonds. The Bertz CT molecular complexity index is 129. The SMILES string of the molecule is CCC1=C[C](C)C=C1. The Balaban J connectivity index is 2.58. The molecule has 0 atom stereocenters. The Hall–Kier alpha value is -0.520. The van der Waals surface area contributed by atoms with Crippen molar-refractivity contribution >= 4 is 0 Å². The van der Waals surface area contributed by atoms with E-state index in [2.05, 4.69) is 32.1 Å². The number of hydrogen-bond acceptors (Lipinski definition) is 0. The fourth-order valence-corrected chi connectivity index (χ4v) is 0.847. The third-order valence-corrected chi connectivity index (χ3v) is 1.38. The van der Waals surface area contributed by atoms with E-state index < -0.39 is 0 Å². The highest BCUT2D eigenvalue weighted by molar-refractivity contribution is 5.39. The zero-order valence-electron chi connectivity index (χ0n) is 5.44. The van der Waals surface area contributed by atoms with Gasteiger partial charge in [0.15, 0.2) is 0 Å². The first-order chi connectivity index (χ1) is 3.83. The fraction of sp³-hybridized carbons (Fsp3) is 0.375. The number of allylic oxidation sites excluding steroid dienone is 4. The zero-order chi connectivity index (χ0) is 5.98. The molecule has 0 aromatic carbocycles. The molecule has 0 saturated heterocycles. The number of hydrogen-bond donors (Lipinski definition) is 0. The summed E-state index contributed by atoms with van der Waals surface area (Å²) in [6.07, 6.45) is 7.71. The number of rotatable bonds is 1. The molecule has 0 unspecified atom stereocenters. The molecule has 0 bridgehead atoms. The quantitative estimate of drug-likeness (QED) is 0.483. The van der Waals surface area contributed by atoms with Crippen LogP contribution in [-0.4, -0.2) is 0 Å². The van der Waals surface area contributed by atoms with Crippen molar-refractivity contribution in [1.82, 2.24) is 0 Å². The van der Waals surface area contributed by atoms with Crippen LogP contribution in [0, 0.1) is 5.92 Å². The van der Waals surface area contributed by atoms with Gasteiger partial charge in [0.25, 0.3) is 0 Å². The Labute approximate surface area is 50.9 Å². The molecule has 0 aliphatic heterocycles. The largest absolute Gasteiger partial charge is 0.0734 e. The maximum atomic E-state index is 2.22. The summed E-state index contributed by atoms with van der Waals surface area (Å²) in [6, 6.07) is 0. The van der Waals surface area contributed by atoms with E-state index >= 15 is 0 Å². The van der Waals surface area contributed by atoms with Crippen molar-refractivity contribution in [2.45, 2.75) is 20.3 Å². The minimum atomic E-state index is 1.16. The molecule has 1 radical (unpaired) electrons. The fourth-order valence-electron chi connectivity index (χ4n) is 0.847. The second-order valence-electron chi connectivity index (χ2n) is 2.15. The Morgan fingerprint density at radius 2 is 2.12 bits per heavy atom. The van der Waals surface area contributed by atoms with Gasteiger partial charge in [-0.25, -0.2) is 0 Å². The molecule has 0 aromatic rings. The minimum Gasteiger partial charge on any atom is -0.0734 e. The van der Waals surface area contributed by atoms with Crippen LogP contribution in [0.25, 0.3) is 0 Å². The average molecular weight is 107 g/mol. The van der Waals surface area contributed by atoms with Gasteiger partial charge in [0, 0.05) is 5.92 Å². The lowest BCUT2D eigenvalue weighted by atomic mass is 10.2. The lowest BCUT2D eigenvalue weighted by Crippen LogP contribution is -1.71. The molecular weight excluding hydrogens is 96.1 g/mol. The first-order valence-electron chi connectivity index (χ1n) is 3.05. The van der Waals surface area contributed by atoms with E-state index in [-0.39, 0.29) is 0 Å². The normalized spacial score (nSPS) is 19.5. The average Bonchev–Trinajstić information content (AvgIpc) is 2.14. The monoisotopic (exact) mass is 107 g/mol. The Kier molecular flexibility index (Phi) is 1.52. The highest BCUT2D eigenvalue weighted by atomic mass is 14.1. The van der Waals surface area contributed by atoms with Crippen molar-refractivity contribution in [2.75, 3.05) is 0 Å². The lowest BCUT2D eigenvalue weighted by Gasteiger charge is -1.88. The molecular formula is C8H11. The van der Waals surface area contributed by atoms with Gasteiger partial charge in [0.1, 0.15) is 0 Å². The molecule has 0 spiro atoms. The second-order valence-corrected chi connectivity index (χ2v) is 2.15. The molecule has 0 nitrogen and oxygen atoms in total. The van der Waals surface area contributed by atoms with Gasteiger partial charge in [-0.05, 0) is 6.42 Å². The third kappa shape index (κ3) is 1.00. The van der Waals surface area contributed by atoms with Crippen LogP contribution >= 0.6 is 0 Å². The molecule has 43 valence electrons. The molecule has 1 rings (SSSR count). The molecule has 0 aromatic heterocycles. The van der Waals surface area contributed by atoms with E-state index in [1.165, 1.54) is 11.5 Å². The second kappa shape index (κ2) is 2.17. The molecule has 0 N–H and O–H groups in total. The van der Waals surface area contributed by atoms with E-state index in [4.69, 9.17) is 0 Å². The van der Waals surface area contributed by atoms with Crippen molar-refractivity contribution < 1.29 is 0 Å². The van der Waals surface area contributed by atoms with Crippen LogP contribution in [0.2, 0.25) is 0 Å². The first kappa shape index (κ1) is 5.61. The van der Waals surface area contributed by atoms with Crippen LogP contribution in [0.3, 0.4) is 0 Å². The summed E-state index contributed by atoms with van der Waals surface area (Å²) < 4.78 is 0. The van der Waals surface area contributed by atoms with Gasteiger partial charge >= 0.3 is 0 Å². The molecule has 0 fully saturated rings. The van der Waals surface area contributed by atoms with Gasteiger partial charge in [0.2, 0.25) is 0 Å². The van der Waals surface area contributed by atoms with E-state index in [9.17, 15) is 0 Å². The lowest BCUT2D eigenvalue weighted by molar-refractivity contribution is 1.15. The van der Waals surface area contributed by atoms with Gasteiger partial charge in [-0.15, -0.1) is 0 Å². The molecule has 1 aliphatic carbocycles. The van der Waals surface area contributed by atoms with Crippen LogP contribution in [0.5, 0.6) is 0 Å². The van der Waals surface area contributed by atoms with Crippen LogP contribution < -0.4 is 0 Å². The third-order valence-electron chi connectivity index (χ3n) is 1.38. The van der Waals surface area contributed by atoms with E-state index in [0.29, 0.717) is 0 Å². The molecule has 0 heterocycles. The van der Waals surface area contributed by atoms with Crippen LogP contribution in [-0.2, 0) is 0 Å². The minimum absolute atomic E-state index is 1.16. The summed E-state index contributed by atoms with van der Waals surface area (Å²) in [6.45, 7) is 4.30. The van der Waals surface area contributed by atoms with Gasteiger partial charge in [0.05, 0.1) is 0 Å². The Morgan fingerprint density at radius 3 is 2.38 bits per heavy atom. The molecule has 1 aliphatic rings.